The van der Waals surface area contributed by atoms with E-state index in [1.165, 1.54) is 0 Å². The summed E-state index contributed by atoms with van der Waals surface area (Å²) in [5.41, 5.74) is -0.447. The van der Waals surface area contributed by atoms with Crippen molar-refractivity contribution in [2.45, 2.75) is 13.8 Å². The van der Waals surface area contributed by atoms with E-state index >= 15 is 0 Å². The van der Waals surface area contributed by atoms with E-state index in [9.17, 15) is 19.2 Å². The second kappa shape index (κ2) is 16.9. The maximum absolute atomic E-state index is 11.5. The minimum absolute atomic E-state index is 0.172. The average Bonchev–Trinajstić information content (AvgIpc) is 2.63. The van der Waals surface area contributed by atoms with Gasteiger partial charge < -0.3 is 40.1 Å². The Labute approximate surface area is 183 Å². The van der Waals surface area contributed by atoms with Crippen LogP contribution in [0, 0.1) is 5.41 Å². The van der Waals surface area contributed by atoms with Gasteiger partial charge in [-0.1, -0.05) is 13.8 Å². The molecule has 2 amide bonds. The molecular formula is C19H36N4O8. The summed E-state index contributed by atoms with van der Waals surface area (Å²) in [6.45, 7) is 6.62. The SMILES string of the molecule is CN(C)CCNC(=O)OCC(C)(C)COC(=O)NCCN(C)C.O=C(O)/C=C\C(=O)O. The van der Waals surface area contributed by atoms with Gasteiger partial charge in [0.2, 0.25) is 0 Å². The van der Waals surface area contributed by atoms with Gasteiger partial charge in [-0.15, -0.1) is 0 Å². The van der Waals surface area contributed by atoms with Crippen LogP contribution in [0.1, 0.15) is 13.8 Å². The molecule has 0 bridgehead atoms. The van der Waals surface area contributed by atoms with Crippen LogP contribution < -0.4 is 10.6 Å². The standard InChI is InChI=1S/C15H32N4O4.C4H4O4/c1-15(2,11-22-13(20)16-7-9-18(3)4)12-23-14(21)17-8-10-19(5)6;5-3(6)1-2-4(7)8/h7-12H2,1-6H3,(H,16,20)(H,17,21);1-2H,(H,5,6)(H,7,8)/b;2-1-. The van der Waals surface area contributed by atoms with Gasteiger partial charge in [-0.05, 0) is 28.2 Å². The van der Waals surface area contributed by atoms with Crippen molar-refractivity contribution in [2.75, 3.05) is 67.6 Å². The molecule has 0 spiro atoms. The largest absolute Gasteiger partial charge is 0.478 e. The summed E-state index contributed by atoms with van der Waals surface area (Å²) in [6.07, 6.45) is 0.190. The van der Waals surface area contributed by atoms with E-state index < -0.39 is 29.5 Å². The van der Waals surface area contributed by atoms with E-state index in [-0.39, 0.29) is 13.2 Å². The number of carboxylic acid groups (broad SMARTS) is 2. The Bertz CT molecular complexity index is 543. The van der Waals surface area contributed by atoms with Crippen LogP contribution in [-0.2, 0) is 19.1 Å². The zero-order valence-corrected chi connectivity index (χ0v) is 19.1. The smallest absolute Gasteiger partial charge is 0.407 e. The van der Waals surface area contributed by atoms with Gasteiger partial charge in [0.1, 0.15) is 13.2 Å². The maximum atomic E-state index is 11.5. The molecule has 0 atom stereocenters. The minimum atomic E-state index is -1.26. The fourth-order valence-corrected chi connectivity index (χ4v) is 1.57. The van der Waals surface area contributed by atoms with Gasteiger partial charge >= 0.3 is 24.1 Å². The van der Waals surface area contributed by atoms with Gasteiger partial charge in [-0.25, -0.2) is 19.2 Å². The van der Waals surface area contributed by atoms with E-state index in [0.717, 1.165) is 13.1 Å². The van der Waals surface area contributed by atoms with E-state index in [1.54, 1.807) is 0 Å². The van der Waals surface area contributed by atoms with Crippen molar-refractivity contribution in [3.8, 4) is 0 Å². The molecule has 0 saturated heterocycles. The number of amides is 2. The van der Waals surface area contributed by atoms with Crippen LogP contribution in [0.15, 0.2) is 12.2 Å². The molecule has 0 aromatic rings. The van der Waals surface area contributed by atoms with Gasteiger partial charge in [0.05, 0.1) is 0 Å². The molecule has 0 rings (SSSR count). The molecule has 12 heteroatoms. The van der Waals surface area contributed by atoms with Crippen molar-refractivity contribution >= 4 is 24.1 Å². The zero-order chi connectivity index (χ0) is 24.4. The van der Waals surface area contributed by atoms with Crippen LogP contribution in [-0.4, -0.2) is 112 Å². The van der Waals surface area contributed by atoms with Crippen molar-refractivity contribution in [1.82, 2.24) is 20.4 Å². The molecule has 0 aromatic heterocycles. The number of likely N-dealkylation sites (N-methyl/N-ethyl adjacent to an activating group) is 2. The van der Waals surface area contributed by atoms with Crippen LogP contribution in [0.5, 0.6) is 0 Å². The predicted octanol–water partition coefficient (Wildman–Crippen LogP) is 0.300. The summed E-state index contributed by atoms with van der Waals surface area (Å²) in [5.74, 6) is -2.51. The Kier molecular flexibility index (Phi) is 16.5. The summed E-state index contributed by atoms with van der Waals surface area (Å²) >= 11 is 0. The number of nitrogens with zero attached hydrogens (tertiary/aromatic N) is 2. The minimum Gasteiger partial charge on any atom is -0.478 e. The molecule has 0 aliphatic rings. The molecule has 0 saturated carbocycles. The number of hydrogen-bond donors (Lipinski definition) is 4. The highest BCUT2D eigenvalue weighted by Gasteiger charge is 2.22. The Balaban J connectivity index is 0. The predicted molar refractivity (Wildman–Crippen MR) is 114 cm³/mol. The summed E-state index contributed by atoms with van der Waals surface area (Å²) in [7, 11) is 7.71. The van der Waals surface area contributed by atoms with Crippen molar-refractivity contribution in [1.29, 1.82) is 0 Å². The molecule has 0 unspecified atom stereocenters. The second-order valence-corrected chi connectivity index (χ2v) is 7.79. The van der Waals surface area contributed by atoms with Crippen LogP contribution in [0.4, 0.5) is 9.59 Å². The lowest BCUT2D eigenvalue weighted by Crippen LogP contribution is -2.37. The molecule has 31 heavy (non-hydrogen) atoms. The van der Waals surface area contributed by atoms with Gasteiger partial charge in [0, 0.05) is 43.7 Å². The first kappa shape index (κ1) is 30.3. The summed E-state index contributed by atoms with van der Waals surface area (Å²) in [4.78, 5) is 46.1. The Hall–Kier alpha value is -2.86. The van der Waals surface area contributed by atoms with E-state index in [2.05, 4.69) is 10.6 Å². The first-order valence-electron chi connectivity index (χ1n) is 9.50. The molecule has 180 valence electrons. The van der Waals surface area contributed by atoms with E-state index in [0.29, 0.717) is 25.2 Å². The number of carboxylic acids is 2. The second-order valence-electron chi connectivity index (χ2n) is 7.79. The average molecular weight is 449 g/mol. The quantitative estimate of drug-likeness (QED) is 0.306. The fourth-order valence-electron chi connectivity index (χ4n) is 1.57. The molecule has 0 radical (unpaired) electrons. The first-order chi connectivity index (χ1) is 14.2. The monoisotopic (exact) mass is 448 g/mol. The number of nitrogens with one attached hydrogen (secondary N) is 2. The third-order valence-electron chi connectivity index (χ3n) is 3.21. The molecule has 0 aliphatic heterocycles. The number of rotatable bonds is 12. The molecule has 0 aromatic carbocycles. The van der Waals surface area contributed by atoms with E-state index in [1.807, 2.05) is 51.8 Å². The molecule has 12 nitrogen and oxygen atoms in total. The molecule has 0 aliphatic carbocycles. The van der Waals surface area contributed by atoms with Crippen LogP contribution >= 0.6 is 0 Å². The Morgan fingerprint density at radius 1 is 0.774 bits per heavy atom. The highest BCUT2D eigenvalue weighted by atomic mass is 16.6. The highest BCUT2D eigenvalue weighted by molar-refractivity contribution is 5.89. The number of hydrogen-bond acceptors (Lipinski definition) is 8. The summed E-state index contributed by atoms with van der Waals surface area (Å²) in [6, 6.07) is 0. The normalized spacial score (nSPS) is 11.0. The van der Waals surface area contributed by atoms with Crippen LogP contribution in [0.2, 0.25) is 0 Å². The third-order valence-corrected chi connectivity index (χ3v) is 3.21. The van der Waals surface area contributed by atoms with Crippen molar-refractivity contribution in [3.05, 3.63) is 12.2 Å². The lowest BCUT2D eigenvalue weighted by atomic mass is 9.96. The van der Waals surface area contributed by atoms with Crippen molar-refractivity contribution in [2.24, 2.45) is 5.41 Å². The molecule has 0 fully saturated rings. The number of alkyl carbamates (subject to hydrolysis) is 2. The molecule has 4 N–H and O–H groups in total. The fraction of sp³-hybridized carbons (Fsp3) is 0.684. The topological polar surface area (TPSA) is 158 Å². The van der Waals surface area contributed by atoms with E-state index in [4.69, 9.17) is 19.7 Å². The zero-order valence-electron chi connectivity index (χ0n) is 19.1. The van der Waals surface area contributed by atoms with Crippen molar-refractivity contribution in [3.63, 3.8) is 0 Å². The first-order valence-corrected chi connectivity index (χ1v) is 9.50. The van der Waals surface area contributed by atoms with Gasteiger partial charge in [-0.3, -0.25) is 0 Å². The summed E-state index contributed by atoms with van der Waals surface area (Å²) in [5, 5.41) is 20.9. The van der Waals surface area contributed by atoms with Crippen LogP contribution in [0.3, 0.4) is 0 Å². The van der Waals surface area contributed by atoms with Gasteiger partial charge in [0.25, 0.3) is 0 Å². The molecule has 0 heterocycles. The van der Waals surface area contributed by atoms with Gasteiger partial charge in [-0.2, -0.15) is 0 Å². The lowest BCUT2D eigenvalue weighted by Gasteiger charge is -2.24. The van der Waals surface area contributed by atoms with Gasteiger partial charge in [0.15, 0.2) is 0 Å². The van der Waals surface area contributed by atoms with Crippen molar-refractivity contribution < 1.29 is 38.9 Å². The number of ether oxygens (including phenoxy) is 2. The Morgan fingerprint density at radius 2 is 1.10 bits per heavy atom. The summed E-state index contributed by atoms with van der Waals surface area (Å²) < 4.78 is 10.3. The maximum Gasteiger partial charge on any atom is 0.407 e. The number of aliphatic carboxylic acids is 2. The number of carbonyl (C=O) groups excluding carboxylic acids is 2. The number of carbonyl (C=O) groups is 4. The van der Waals surface area contributed by atoms with Crippen LogP contribution in [0.25, 0.3) is 0 Å². The molecular weight excluding hydrogens is 412 g/mol. The lowest BCUT2D eigenvalue weighted by molar-refractivity contribution is -0.134. The highest BCUT2D eigenvalue weighted by Crippen LogP contribution is 2.16. The Morgan fingerprint density at radius 3 is 1.35 bits per heavy atom. The third kappa shape index (κ3) is 25.1.